The van der Waals surface area contributed by atoms with Crippen molar-refractivity contribution in [1.29, 1.82) is 0 Å². The van der Waals surface area contributed by atoms with Gasteiger partial charge in [0.2, 0.25) is 0 Å². The van der Waals surface area contributed by atoms with Crippen LogP contribution in [-0.4, -0.2) is 23.4 Å². The quantitative estimate of drug-likeness (QED) is 0.660. The molecule has 1 aromatic rings. The van der Waals surface area contributed by atoms with Crippen LogP contribution in [-0.2, 0) is 4.74 Å². The fourth-order valence-corrected chi connectivity index (χ4v) is 1.34. The summed E-state index contributed by atoms with van der Waals surface area (Å²) >= 11 is 0. The molecule has 1 aliphatic heterocycles. The van der Waals surface area contributed by atoms with Gasteiger partial charge >= 0.3 is 0 Å². The first kappa shape index (κ1) is 7.49. The topological polar surface area (TPSA) is 61.0 Å². The van der Waals surface area contributed by atoms with Crippen LogP contribution in [0.15, 0.2) is 12.1 Å². The number of nitrogen functional groups attached to an aromatic ring is 1. The Morgan fingerprint density at radius 2 is 2.33 bits per heavy atom. The standard InChI is InChI=1S/C8H11N3O/c9-8-2-1-7(10-11-8)6-3-4-12-5-6/h1-2,6H,3-5H2,(H2,9,11). The molecule has 4 heteroatoms. The molecule has 1 unspecified atom stereocenters. The Hall–Kier alpha value is -1.16. The minimum Gasteiger partial charge on any atom is -0.382 e. The van der Waals surface area contributed by atoms with Gasteiger partial charge in [0.25, 0.3) is 0 Å². The Morgan fingerprint density at radius 1 is 1.42 bits per heavy atom. The highest BCUT2D eigenvalue weighted by Gasteiger charge is 2.18. The van der Waals surface area contributed by atoms with E-state index in [-0.39, 0.29) is 0 Å². The largest absolute Gasteiger partial charge is 0.382 e. The molecule has 4 nitrogen and oxygen atoms in total. The summed E-state index contributed by atoms with van der Waals surface area (Å²) in [4.78, 5) is 0. The Morgan fingerprint density at radius 3 is 2.92 bits per heavy atom. The summed E-state index contributed by atoms with van der Waals surface area (Å²) in [6, 6.07) is 3.70. The minimum absolute atomic E-state index is 0.415. The zero-order valence-electron chi connectivity index (χ0n) is 6.73. The third kappa shape index (κ3) is 1.38. The molecule has 0 spiro atoms. The van der Waals surface area contributed by atoms with Crippen molar-refractivity contribution < 1.29 is 4.74 Å². The van der Waals surface area contributed by atoms with E-state index in [1.165, 1.54) is 0 Å². The molecule has 12 heavy (non-hydrogen) atoms. The van der Waals surface area contributed by atoms with Gasteiger partial charge in [-0.05, 0) is 18.6 Å². The highest BCUT2D eigenvalue weighted by Crippen LogP contribution is 2.22. The van der Waals surface area contributed by atoms with E-state index in [1.54, 1.807) is 6.07 Å². The van der Waals surface area contributed by atoms with Crippen LogP contribution in [0.1, 0.15) is 18.0 Å². The van der Waals surface area contributed by atoms with Crippen molar-refractivity contribution in [2.24, 2.45) is 0 Å². The molecule has 2 rings (SSSR count). The van der Waals surface area contributed by atoms with Gasteiger partial charge in [0.15, 0.2) is 0 Å². The third-order valence-corrected chi connectivity index (χ3v) is 2.05. The molecule has 1 aromatic heterocycles. The number of rotatable bonds is 1. The van der Waals surface area contributed by atoms with E-state index in [0.717, 1.165) is 25.3 Å². The number of hydrogen-bond acceptors (Lipinski definition) is 4. The molecule has 0 amide bonds. The second-order valence-corrected chi connectivity index (χ2v) is 2.94. The van der Waals surface area contributed by atoms with E-state index in [0.29, 0.717) is 11.7 Å². The molecular formula is C8H11N3O. The third-order valence-electron chi connectivity index (χ3n) is 2.05. The van der Waals surface area contributed by atoms with Gasteiger partial charge in [0, 0.05) is 12.5 Å². The molecule has 0 aliphatic carbocycles. The molecule has 1 saturated heterocycles. The molecule has 64 valence electrons. The summed E-state index contributed by atoms with van der Waals surface area (Å²) in [6.07, 6.45) is 1.04. The zero-order chi connectivity index (χ0) is 8.39. The van der Waals surface area contributed by atoms with Crippen molar-refractivity contribution in [3.05, 3.63) is 17.8 Å². The molecule has 2 heterocycles. The van der Waals surface area contributed by atoms with Crippen LogP contribution in [0.2, 0.25) is 0 Å². The van der Waals surface area contributed by atoms with Crippen molar-refractivity contribution in [3.8, 4) is 0 Å². The molecule has 0 radical (unpaired) electrons. The Labute approximate surface area is 70.7 Å². The maximum absolute atomic E-state index is 5.42. The summed E-state index contributed by atoms with van der Waals surface area (Å²) < 4.78 is 5.24. The average Bonchev–Trinajstić information content (AvgIpc) is 2.58. The van der Waals surface area contributed by atoms with Crippen molar-refractivity contribution >= 4 is 5.82 Å². The van der Waals surface area contributed by atoms with Crippen LogP contribution >= 0.6 is 0 Å². The average molecular weight is 165 g/mol. The first-order valence-corrected chi connectivity index (χ1v) is 4.03. The molecule has 1 aliphatic rings. The maximum atomic E-state index is 5.42. The van der Waals surface area contributed by atoms with Crippen LogP contribution in [0, 0.1) is 0 Å². The number of ether oxygens (including phenoxy) is 1. The number of nitrogens with two attached hydrogens (primary N) is 1. The molecular weight excluding hydrogens is 154 g/mol. The lowest BCUT2D eigenvalue weighted by Gasteiger charge is -2.04. The summed E-state index contributed by atoms with van der Waals surface area (Å²) in [5, 5.41) is 7.80. The van der Waals surface area contributed by atoms with Gasteiger partial charge in [-0.3, -0.25) is 0 Å². The second kappa shape index (κ2) is 3.06. The smallest absolute Gasteiger partial charge is 0.146 e. The molecule has 0 saturated carbocycles. The maximum Gasteiger partial charge on any atom is 0.146 e. The Kier molecular flexibility index (Phi) is 1.91. The highest BCUT2D eigenvalue weighted by atomic mass is 16.5. The predicted octanol–water partition coefficient (Wildman–Crippen LogP) is 0.563. The van der Waals surface area contributed by atoms with Crippen molar-refractivity contribution in [2.45, 2.75) is 12.3 Å². The number of aromatic nitrogens is 2. The van der Waals surface area contributed by atoms with Gasteiger partial charge < -0.3 is 10.5 Å². The van der Waals surface area contributed by atoms with Crippen molar-refractivity contribution in [2.75, 3.05) is 18.9 Å². The Bertz CT molecular complexity index is 254. The lowest BCUT2D eigenvalue weighted by molar-refractivity contribution is 0.193. The van der Waals surface area contributed by atoms with Gasteiger partial charge in [0.05, 0.1) is 12.3 Å². The molecule has 1 atom stereocenters. The molecule has 0 bridgehead atoms. The fourth-order valence-electron chi connectivity index (χ4n) is 1.34. The lowest BCUT2D eigenvalue weighted by atomic mass is 10.1. The van der Waals surface area contributed by atoms with Gasteiger partial charge in [-0.15, -0.1) is 5.10 Å². The van der Waals surface area contributed by atoms with E-state index >= 15 is 0 Å². The first-order chi connectivity index (χ1) is 5.86. The monoisotopic (exact) mass is 165 g/mol. The summed E-state index contributed by atoms with van der Waals surface area (Å²) in [5.41, 5.74) is 6.41. The molecule has 1 fully saturated rings. The minimum atomic E-state index is 0.415. The van der Waals surface area contributed by atoms with Gasteiger partial charge in [-0.2, -0.15) is 5.10 Å². The predicted molar refractivity (Wildman–Crippen MR) is 44.6 cm³/mol. The van der Waals surface area contributed by atoms with E-state index in [1.807, 2.05) is 6.07 Å². The number of nitrogens with zero attached hydrogens (tertiary/aromatic N) is 2. The van der Waals surface area contributed by atoms with Crippen LogP contribution in [0.25, 0.3) is 0 Å². The van der Waals surface area contributed by atoms with E-state index in [4.69, 9.17) is 10.5 Å². The fraction of sp³-hybridized carbons (Fsp3) is 0.500. The number of hydrogen-bond donors (Lipinski definition) is 1. The molecule has 0 aromatic carbocycles. The van der Waals surface area contributed by atoms with E-state index in [9.17, 15) is 0 Å². The summed E-state index contributed by atoms with van der Waals surface area (Å²) in [5.74, 6) is 0.885. The highest BCUT2D eigenvalue weighted by molar-refractivity contribution is 5.26. The summed E-state index contributed by atoms with van der Waals surface area (Å²) in [7, 11) is 0. The normalized spacial score (nSPS) is 22.8. The lowest BCUT2D eigenvalue weighted by Crippen LogP contribution is -2.03. The van der Waals surface area contributed by atoms with Crippen molar-refractivity contribution in [3.63, 3.8) is 0 Å². The van der Waals surface area contributed by atoms with Crippen LogP contribution in [0.3, 0.4) is 0 Å². The first-order valence-electron chi connectivity index (χ1n) is 4.03. The zero-order valence-corrected chi connectivity index (χ0v) is 6.73. The van der Waals surface area contributed by atoms with Gasteiger partial charge in [-0.25, -0.2) is 0 Å². The SMILES string of the molecule is Nc1ccc(C2CCOC2)nn1. The van der Waals surface area contributed by atoms with Crippen LogP contribution in [0.5, 0.6) is 0 Å². The van der Waals surface area contributed by atoms with E-state index < -0.39 is 0 Å². The van der Waals surface area contributed by atoms with Crippen molar-refractivity contribution in [1.82, 2.24) is 10.2 Å². The van der Waals surface area contributed by atoms with E-state index in [2.05, 4.69) is 10.2 Å². The van der Waals surface area contributed by atoms with Gasteiger partial charge in [0.1, 0.15) is 5.82 Å². The Balaban J connectivity index is 2.17. The second-order valence-electron chi connectivity index (χ2n) is 2.94. The van der Waals surface area contributed by atoms with Crippen LogP contribution in [0.4, 0.5) is 5.82 Å². The molecule has 2 N–H and O–H groups in total. The summed E-state index contributed by atoms with van der Waals surface area (Å²) in [6.45, 7) is 1.59. The van der Waals surface area contributed by atoms with Crippen LogP contribution < -0.4 is 5.73 Å². The van der Waals surface area contributed by atoms with Gasteiger partial charge in [-0.1, -0.05) is 0 Å². The number of anilines is 1.